The molecule has 0 saturated carbocycles. The zero-order valence-electron chi connectivity index (χ0n) is 12.5. The van der Waals surface area contributed by atoms with Crippen LogP contribution in [0.25, 0.3) is 0 Å². The maximum absolute atomic E-state index is 9.64. The van der Waals surface area contributed by atoms with Gasteiger partial charge in [0.25, 0.3) is 0 Å². The molecule has 0 unspecified atom stereocenters. The fraction of sp³-hybridized carbons (Fsp3) is 0.600. The highest BCUT2D eigenvalue weighted by molar-refractivity contribution is 5.85. The summed E-state index contributed by atoms with van der Waals surface area (Å²) in [5.74, 6) is 1.37. The number of nitrogens with one attached hydrogen (secondary N) is 1. The number of benzene rings is 1. The number of aromatic hydroxyl groups is 1. The van der Waals surface area contributed by atoms with Gasteiger partial charge in [-0.15, -0.1) is 12.4 Å². The summed E-state index contributed by atoms with van der Waals surface area (Å²) in [5, 5.41) is 12.9. The van der Waals surface area contributed by atoms with Gasteiger partial charge in [-0.05, 0) is 30.0 Å². The number of methoxy groups -OCH3 is 1. The first kappa shape index (κ1) is 19.0. The Morgan fingerprint density at radius 2 is 2.00 bits per heavy atom. The molecule has 0 aromatic heterocycles. The summed E-state index contributed by atoms with van der Waals surface area (Å²) < 4.78 is 10.5. The van der Waals surface area contributed by atoms with Crippen LogP contribution in [0.3, 0.4) is 0 Å². The number of phenolic OH excluding ortho intramolecular Hbond substituents is 1. The average molecular weight is 304 g/mol. The highest BCUT2D eigenvalue weighted by Crippen LogP contribution is 2.25. The summed E-state index contributed by atoms with van der Waals surface area (Å²) in [5.41, 5.74) is 1.03. The maximum Gasteiger partial charge on any atom is 0.160 e. The van der Waals surface area contributed by atoms with E-state index >= 15 is 0 Å². The number of hydrogen-bond donors (Lipinski definition) is 2. The molecule has 1 aromatic rings. The van der Waals surface area contributed by atoms with E-state index in [1.807, 2.05) is 6.07 Å². The Bertz CT molecular complexity index is 372. The monoisotopic (exact) mass is 303 g/mol. The first-order valence-corrected chi connectivity index (χ1v) is 6.77. The number of halogens is 1. The fourth-order valence-electron chi connectivity index (χ4n) is 1.64. The molecule has 0 fully saturated rings. The Labute approximate surface area is 127 Å². The van der Waals surface area contributed by atoms with Gasteiger partial charge >= 0.3 is 0 Å². The van der Waals surface area contributed by atoms with Crippen LogP contribution >= 0.6 is 12.4 Å². The third-order valence-electron chi connectivity index (χ3n) is 2.84. The van der Waals surface area contributed by atoms with Gasteiger partial charge in [-0.3, -0.25) is 0 Å². The Balaban J connectivity index is 0.00000361. The van der Waals surface area contributed by atoms with Crippen molar-refractivity contribution in [2.75, 3.05) is 26.9 Å². The van der Waals surface area contributed by atoms with Crippen LogP contribution < -0.4 is 10.1 Å². The smallest absolute Gasteiger partial charge is 0.160 e. The SMILES string of the molecule is COc1ccc(CNCCOCCC(C)C)cc1O.Cl. The molecule has 0 amide bonds. The van der Waals surface area contributed by atoms with E-state index in [-0.39, 0.29) is 18.2 Å². The van der Waals surface area contributed by atoms with Gasteiger partial charge in [-0.25, -0.2) is 0 Å². The lowest BCUT2D eigenvalue weighted by molar-refractivity contribution is 0.125. The molecule has 0 aliphatic heterocycles. The zero-order chi connectivity index (χ0) is 14.1. The number of phenols is 1. The molecule has 0 radical (unpaired) electrons. The number of rotatable bonds is 9. The minimum Gasteiger partial charge on any atom is -0.504 e. The van der Waals surface area contributed by atoms with Crippen molar-refractivity contribution >= 4 is 12.4 Å². The van der Waals surface area contributed by atoms with E-state index in [0.29, 0.717) is 18.2 Å². The van der Waals surface area contributed by atoms with Gasteiger partial charge in [-0.2, -0.15) is 0 Å². The molecule has 4 nitrogen and oxygen atoms in total. The lowest BCUT2D eigenvalue weighted by Crippen LogP contribution is -2.19. The molecule has 20 heavy (non-hydrogen) atoms. The molecule has 0 bridgehead atoms. The zero-order valence-corrected chi connectivity index (χ0v) is 13.3. The third-order valence-corrected chi connectivity index (χ3v) is 2.84. The molecule has 1 aromatic carbocycles. The summed E-state index contributed by atoms with van der Waals surface area (Å²) in [7, 11) is 1.54. The molecular formula is C15H26ClNO3. The van der Waals surface area contributed by atoms with E-state index in [4.69, 9.17) is 9.47 Å². The van der Waals surface area contributed by atoms with Crippen molar-refractivity contribution in [3.63, 3.8) is 0 Å². The summed E-state index contributed by atoms with van der Waals surface area (Å²) in [4.78, 5) is 0. The predicted octanol–water partition coefficient (Wildman–Crippen LogP) is 2.97. The largest absolute Gasteiger partial charge is 0.504 e. The summed E-state index contributed by atoms with van der Waals surface area (Å²) in [6.45, 7) is 7.45. The maximum atomic E-state index is 9.64. The van der Waals surface area contributed by atoms with Gasteiger partial charge in [0, 0.05) is 19.7 Å². The second-order valence-electron chi connectivity index (χ2n) is 4.98. The Morgan fingerprint density at radius 3 is 2.60 bits per heavy atom. The molecule has 0 aliphatic rings. The van der Waals surface area contributed by atoms with Crippen LogP contribution in [0.2, 0.25) is 0 Å². The topological polar surface area (TPSA) is 50.7 Å². The van der Waals surface area contributed by atoms with Crippen molar-refractivity contribution in [3.8, 4) is 11.5 Å². The van der Waals surface area contributed by atoms with E-state index < -0.39 is 0 Å². The molecule has 0 heterocycles. The van der Waals surface area contributed by atoms with E-state index in [9.17, 15) is 5.11 Å². The number of ether oxygens (including phenoxy) is 2. The number of hydrogen-bond acceptors (Lipinski definition) is 4. The first-order chi connectivity index (χ1) is 9.13. The minimum absolute atomic E-state index is 0. The predicted molar refractivity (Wildman–Crippen MR) is 83.9 cm³/mol. The quantitative estimate of drug-likeness (QED) is 0.689. The van der Waals surface area contributed by atoms with Crippen molar-refractivity contribution < 1.29 is 14.6 Å². The van der Waals surface area contributed by atoms with Gasteiger partial charge in [0.2, 0.25) is 0 Å². The molecule has 5 heteroatoms. The molecule has 116 valence electrons. The normalized spacial score (nSPS) is 10.4. The van der Waals surface area contributed by atoms with Crippen molar-refractivity contribution in [3.05, 3.63) is 23.8 Å². The van der Waals surface area contributed by atoms with Gasteiger partial charge < -0.3 is 19.9 Å². The van der Waals surface area contributed by atoms with Crippen LogP contribution in [-0.4, -0.2) is 32.0 Å². The van der Waals surface area contributed by atoms with Gasteiger partial charge in [0.15, 0.2) is 11.5 Å². The molecule has 0 atom stereocenters. The minimum atomic E-state index is 0. The van der Waals surface area contributed by atoms with Crippen molar-refractivity contribution in [2.24, 2.45) is 5.92 Å². The van der Waals surface area contributed by atoms with Crippen LogP contribution in [0.15, 0.2) is 18.2 Å². The Hall–Kier alpha value is -0.970. The first-order valence-electron chi connectivity index (χ1n) is 6.77. The molecule has 1 rings (SSSR count). The van der Waals surface area contributed by atoms with Gasteiger partial charge in [0.05, 0.1) is 13.7 Å². The van der Waals surface area contributed by atoms with Gasteiger partial charge in [-0.1, -0.05) is 19.9 Å². The summed E-state index contributed by atoms with van der Waals surface area (Å²) in [6.07, 6.45) is 1.10. The van der Waals surface area contributed by atoms with Crippen LogP contribution in [0.4, 0.5) is 0 Å². The molecule has 0 spiro atoms. The second kappa shape index (κ2) is 10.8. The fourth-order valence-corrected chi connectivity index (χ4v) is 1.64. The molecular weight excluding hydrogens is 278 g/mol. The third kappa shape index (κ3) is 7.58. The van der Waals surface area contributed by atoms with Crippen molar-refractivity contribution in [1.82, 2.24) is 5.32 Å². The van der Waals surface area contributed by atoms with Crippen LogP contribution in [-0.2, 0) is 11.3 Å². The highest BCUT2D eigenvalue weighted by atomic mass is 35.5. The Kier molecular flexibility index (Phi) is 10.3. The molecule has 2 N–H and O–H groups in total. The summed E-state index contributed by atoms with van der Waals surface area (Å²) in [6, 6.07) is 5.42. The van der Waals surface area contributed by atoms with Crippen LogP contribution in [0.5, 0.6) is 11.5 Å². The van der Waals surface area contributed by atoms with Crippen molar-refractivity contribution in [1.29, 1.82) is 0 Å². The van der Waals surface area contributed by atoms with Gasteiger partial charge in [0.1, 0.15) is 0 Å². The standard InChI is InChI=1S/C15H25NO3.ClH/c1-12(2)6-8-19-9-7-16-11-13-4-5-15(18-3)14(17)10-13;/h4-5,10,12,16-17H,6-9,11H2,1-3H3;1H. The van der Waals surface area contributed by atoms with E-state index in [2.05, 4.69) is 19.2 Å². The van der Waals surface area contributed by atoms with E-state index in [1.54, 1.807) is 19.2 Å². The second-order valence-corrected chi connectivity index (χ2v) is 4.98. The summed E-state index contributed by atoms with van der Waals surface area (Å²) >= 11 is 0. The van der Waals surface area contributed by atoms with E-state index in [0.717, 1.165) is 31.7 Å². The van der Waals surface area contributed by atoms with E-state index in [1.165, 1.54) is 0 Å². The lowest BCUT2D eigenvalue weighted by atomic mass is 10.1. The van der Waals surface area contributed by atoms with Crippen LogP contribution in [0.1, 0.15) is 25.8 Å². The highest BCUT2D eigenvalue weighted by Gasteiger charge is 2.02. The van der Waals surface area contributed by atoms with Crippen LogP contribution in [0, 0.1) is 5.92 Å². The molecule has 0 aliphatic carbocycles. The van der Waals surface area contributed by atoms with Crippen molar-refractivity contribution in [2.45, 2.75) is 26.8 Å². The average Bonchev–Trinajstić information content (AvgIpc) is 2.37. The Morgan fingerprint density at radius 1 is 1.25 bits per heavy atom. The lowest BCUT2D eigenvalue weighted by Gasteiger charge is -2.09. The molecule has 0 saturated heterocycles.